The predicted molar refractivity (Wildman–Crippen MR) is 107 cm³/mol. The first-order valence-electron chi connectivity index (χ1n) is 8.91. The second-order valence-electron chi connectivity index (χ2n) is 6.32. The summed E-state index contributed by atoms with van der Waals surface area (Å²) < 4.78 is 5.44. The number of rotatable bonds is 6. The van der Waals surface area contributed by atoms with E-state index in [-0.39, 0.29) is 11.3 Å². The molecule has 2 aromatic carbocycles. The van der Waals surface area contributed by atoms with Crippen molar-refractivity contribution in [1.29, 1.82) is 0 Å². The minimum atomic E-state index is -0.768. The largest absolute Gasteiger partial charge is 0.507 e. The van der Waals surface area contributed by atoms with Crippen LogP contribution in [0.25, 0.3) is 11.0 Å². The van der Waals surface area contributed by atoms with Crippen molar-refractivity contribution in [2.24, 2.45) is 10.8 Å². The Morgan fingerprint density at radius 3 is 2.54 bits per heavy atom. The number of nitrogens with zero attached hydrogens (tertiary/aromatic N) is 1. The number of hydrogen-bond donors (Lipinski definition) is 3. The van der Waals surface area contributed by atoms with Crippen molar-refractivity contribution in [1.82, 2.24) is 5.43 Å². The summed E-state index contributed by atoms with van der Waals surface area (Å²) in [6.07, 6.45) is 0.834. The first-order chi connectivity index (χ1) is 13.5. The van der Waals surface area contributed by atoms with Gasteiger partial charge in [0.2, 0.25) is 0 Å². The SMILES string of the molecule is CCC(CC(c1ccccc1)c1c(O)c2ccccc2oc1=O)=NNC(N)=O. The normalized spacial score (nSPS) is 12.7. The number of urea groups is 1. The highest BCUT2D eigenvalue weighted by atomic mass is 16.4. The van der Waals surface area contributed by atoms with Crippen LogP contribution in [0.5, 0.6) is 5.75 Å². The smallest absolute Gasteiger partial charge is 0.343 e. The van der Waals surface area contributed by atoms with E-state index in [9.17, 15) is 14.7 Å². The molecule has 7 nitrogen and oxygen atoms in total. The summed E-state index contributed by atoms with van der Waals surface area (Å²) >= 11 is 0. The van der Waals surface area contributed by atoms with Gasteiger partial charge in [-0.1, -0.05) is 49.4 Å². The van der Waals surface area contributed by atoms with Crippen molar-refractivity contribution < 1.29 is 14.3 Å². The molecule has 1 heterocycles. The quantitative estimate of drug-likeness (QED) is 0.345. The molecule has 0 radical (unpaired) electrons. The molecule has 28 heavy (non-hydrogen) atoms. The van der Waals surface area contributed by atoms with Crippen LogP contribution in [-0.4, -0.2) is 16.8 Å². The second kappa shape index (κ2) is 8.39. The minimum Gasteiger partial charge on any atom is -0.507 e. The highest BCUT2D eigenvalue weighted by molar-refractivity contribution is 5.88. The molecular weight excluding hydrogens is 358 g/mol. The molecule has 0 bridgehead atoms. The summed E-state index contributed by atoms with van der Waals surface area (Å²) in [6, 6.07) is 15.4. The zero-order chi connectivity index (χ0) is 20.1. The van der Waals surface area contributed by atoms with Crippen LogP contribution in [0.1, 0.15) is 36.8 Å². The van der Waals surface area contributed by atoms with Crippen LogP contribution in [0, 0.1) is 0 Å². The maximum Gasteiger partial charge on any atom is 0.343 e. The van der Waals surface area contributed by atoms with Crippen LogP contribution in [0.4, 0.5) is 4.79 Å². The van der Waals surface area contributed by atoms with E-state index >= 15 is 0 Å². The number of para-hydroxylation sites is 1. The van der Waals surface area contributed by atoms with Crippen molar-refractivity contribution in [2.45, 2.75) is 25.7 Å². The minimum absolute atomic E-state index is 0.112. The number of primary amides is 1. The van der Waals surface area contributed by atoms with E-state index in [2.05, 4.69) is 10.5 Å². The number of benzene rings is 2. The Kier molecular flexibility index (Phi) is 5.74. The zero-order valence-corrected chi connectivity index (χ0v) is 15.4. The van der Waals surface area contributed by atoms with Crippen molar-refractivity contribution in [3.8, 4) is 5.75 Å². The fraction of sp³-hybridized carbons (Fsp3) is 0.190. The van der Waals surface area contributed by atoms with Crippen molar-refractivity contribution >= 4 is 22.7 Å². The van der Waals surface area contributed by atoms with Gasteiger partial charge in [-0.15, -0.1) is 0 Å². The highest BCUT2D eigenvalue weighted by Crippen LogP contribution is 2.36. The van der Waals surface area contributed by atoms with Gasteiger partial charge >= 0.3 is 11.7 Å². The lowest BCUT2D eigenvalue weighted by Gasteiger charge is -2.19. The monoisotopic (exact) mass is 379 g/mol. The summed E-state index contributed by atoms with van der Waals surface area (Å²) in [7, 11) is 0. The molecule has 0 aliphatic rings. The number of fused-ring (bicyclic) bond motifs is 1. The van der Waals surface area contributed by atoms with E-state index in [0.717, 1.165) is 5.56 Å². The van der Waals surface area contributed by atoms with E-state index < -0.39 is 17.6 Å². The average molecular weight is 379 g/mol. The molecule has 1 aromatic heterocycles. The van der Waals surface area contributed by atoms with Crippen molar-refractivity contribution in [2.75, 3.05) is 0 Å². The summed E-state index contributed by atoms with van der Waals surface area (Å²) in [6.45, 7) is 1.88. The van der Waals surface area contributed by atoms with E-state index in [0.29, 0.717) is 29.5 Å². The van der Waals surface area contributed by atoms with Crippen LogP contribution in [0.15, 0.2) is 68.9 Å². The van der Waals surface area contributed by atoms with Gasteiger partial charge in [0.25, 0.3) is 0 Å². The van der Waals surface area contributed by atoms with Gasteiger partial charge in [0, 0.05) is 11.6 Å². The Bertz CT molecular complexity index is 1070. The van der Waals surface area contributed by atoms with Gasteiger partial charge in [-0.05, 0) is 30.5 Å². The molecule has 0 aliphatic carbocycles. The Labute approximate surface area is 161 Å². The van der Waals surface area contributed by atoms with Crippen LogP contribution in [0.3, 0.4) is 0 Å². The number of nitrogens with one attached hydrogen (secondary N) is 1. The number of carbonyl (C=O) groups excluding carboxylic acids is 1. The Morgan fingerprint density at radius 1 is 1.18 bits per heavy atom. The maximum absolute atomic E-state index is 12.7. The van der Waals surface area contributed by atoms with Gasteiger partial charge in [-0.3, -0.25) is 0 Å². The fourth-order valence-corrected chi connectivity index (χ4v) is 3.17. The molecule has 0 saturated carbocycles. The predicted octanol–water partition coefficient (Wildman–Crippen LogP) is 3.45. The molecule has 0 saturated heterocycles. The molecule has 144 valence electrons. The molecule has 3 aromatic rings. The van der Waals surface area contributed by atoms with Crippen molar-refractivity contribution in [3.63, 3.8) is 0 Å². The lowest BCUT2D eigenvalue weighted by Crippen LogP contribution is -2.26. The fourth-order valence-electron chi connectivity index (χ4n) is 3.17. The molecule has 0 aliphatic heterocycles. The third-order valence-corrected chi connectivity index (χ3v) is 4.54. The van der Waals surface area contributed by atoms with E-state index in [1.807, 2.05) is 37.3 Å². The molecule has 3 rings (SSSR count). The third-order valence-electron chi connectivity index (χ3n) is 4.54. The van der Waals surface area contributed by atoms with Gasteiger partial charge in [-0.25, -0.2) is 15.0 Å². The highest BCUT2D eigenvalue weighted by Gasteiger charge is 2.26. The number of amides is 2. The molecule has 0 fully saturated rings. The van der Waals surface area contributed by atoms with E-state index in [1.165, 1.54) is 0 Å². The number of nitrogens with two attached hydrogens (primary N) is 1. The Morgan fingerprint density at radius 2 is 1.86 bits per heavy atom. The summed E-state index contributed by atoms with van der Waals surface area (Å²) in [4.78, 5) is 23.7. The van der Waals surface area contributed by atoms with Gasteiger partial charge in [0.1, 0.15) is 11.3 Å². The number of carbonyl (C=O) groups is 1. The number of hydrogen-bond acceptors (Lipinski definition) is 5. The number of aromatic hydroxyl groups is 1. The molecule has 7 heteroatoms. The lowest BCUT2D eigenvalue weighted by atomic mass is 9.86. The van der Waals surface area contributed by atoms with Crippen LogP contribution in [-0.2, 0) is 0 Å². The Hall–Kier alpha value is -3.61. The lowest BCUT2D eigenvalue weighted by molar-refractivity contribution is 0.249. The van der Waals surface area contributed by atoms with E-state index in [4.69, 9.17) is 10.2 Å². The first kappa shape index (κ1) is 19.2. The summed E-state index contributed by atoms with van der Waals surface area (Å²) in [5.74, 6) is -0.616. The van der Waals surface area contributed by atoms with Crippen LogP contribution >= 0.6 is 0 Å². The van der Waals surface area contributed by atoms with Gasteiger partial charge < -0.3 is 15.3 Å². The van der Waals surface area contributed by atoms with Crippen LogP contribution < -0.4 is 16.8 Å². The van der Waals surface area contributed by atoms with Gasteiger partial charge in [-0.2, -0.15) is 5.10 Å². The Balaban J connectivity index is 2.15. The first-order valence-corrected chi connectivity index (χ1v) is 8.91. The second-order valence-corrected chi connectivity index (χ2v) is 6.32. The third kappa shape index (κ3) is 4.03. The van der Waals surface area contributed by atoms with E-state index in [1.54, 1.807) is 24.3 Å². The zero-order valence-electron chi connectivity index (χ0n) is 15.4. The van der Waals surface area contributed by atoms with Crippen LogP contribution in [0.2, 0.25) is 0 Å². The standard InChI is InChI=1S/C21H21N3O4/c1-2-14(23-24-21(22)27)12-16(13-8-4-3-5-9-13)18-19(25)15-10-6-7-11-17(15)28-20(18)26/h3-11,16,25H,2,12H2,1H3,(H3,22,24,27). The summed E-state index contributed by atoms with van der Waals surface area (Å²) in [5, 5.41) is 15.4. The topological polar surface area (TPSA) is 118 Å². The molecule has 2 amide bonds. The number of hydrazone groups is 1. The molecule has 4 N–H and O–H groups in total. The molecule has 0 spiro atoms. The van der Waals surface area contributed by atoms with Gasteiger partial charge in [0.15, 0.2) is 0 Å². The molecule has 1 atom stereocenters. The molecule has 1 unspecified atom stereocenters. The maximum atomic E-state index is 12.7. The van der Waals surface area contributed by atoms with Gasteiger partial charge in [0.05, 0.1) is 10.9 Å². The van der Waals surface area contributed by atoms with Crippen molar-refractivity contribution in [3.05, 3.63) is 76.1 Å². The molecular formula is C21H21N3O4. The summed E-state index contributed by atoms with van der Waals surface area (Å²) in [5.41, 5.74) is 8.64. The average Bonchev–Trinajstić information content (AvgIpc) is 2.70.